The first-order valence-corrected chi connectivity index (χ1v) is 7.39. The Bertz CT molecular complexity index is 555. The molecule has 0 aliphatic carbocycles. The minimum atomic E-state index is -0.236. The Kier molecular flexibility index (Phi) is 4.81. The third-order valence-corrected chi connectivity index (χ3v) is 3.88. The van der Waals surface area contributed by atoms with E-state index in [2.05, 4.69) is 55.8 Å². The largest absolute Gasteiger partial charge is 0.323 e. The number of hydrogen-bond acceptors (Lipinski definition) is 1. The molecule has 0 bridgehead atoms. The molecule has 0 unspecified atom stereocenters. The highest BCUT2D eigenvalue weighted by Crippen LogP contribution is 2.17. The van der Waals surface area contributed by atoms with E-state index in [0.29, 0.717) is 0 Å². The monoisotopic (exact) mass is 464 g/mol. The Morgan fingerprint density at radius 3 is 2.22 bits per heavy atom. The molecule has 0 aliphatic rings. The zero-order valence-electron chi connectivity index (χ0n) is 9.28. The lowest BCUT2D eigenvalue weighted by molar-refractivity contribution is 0.262. The predicted octanol–water partition coefficient (Wildman–Crippen LogP) is 4.54. The van der Waals surface area contributed by atoms with E-state index >= 15 is 0 Å². The highest BCUT2D eigenvalue weighted by atomic mass is 127. The summed E-state index contributed by atoms with van der Waals surface area (Å²) in [5.74, 6) is 0. The molecule has 0 atom stereocenters. The molecule has 3 nitrogen and oxygen atoms in total. The summed E-state index contributed by atoms with van der Waals surface area (Å²) in [5, 5.41) is 5.60. The lowest BCUT2D eigenvalue weighted by Crippen LogP contribution is -2.19. The van der Waals surface area contributed by atoms with Crippen molar-refractivity contribution in [2.75, 3.05) is 10.6 Å². The van der Waals surface area contributed by atoms with Gasteiger partial charge in [0.05, 0.1) is 5.69 Å². The molecule has 0 aromatic heterocycles. The summed E-state index contributed by atoms with van der Waals surface area (Å²) in [7, 11) is 0. The molecule has 0 aliphatic heterocycles. The summed E-state index contributed by atoms with van der Waals surface area (Å²) in [4.78, 5) is 11.8. The number of nitrogens with one attached hydrogen (secondary N) is 2. The molecule has 0 heterocycles. The van der Waals surface area contributed by atoms with Crippen LogP contribution in [0.15, 0.2) is 48.5 Å². The SMILES string of the molecule is O=C(Nc1ccc(I)cc1)Nc1ccccc1I. The van der Waals surface area contributed by atoms with Crippen LogP contribution in [-0.4, -0.2) is 6.03 Å². The molecule has 92 valence electrons. The van der Waals surface area contributed by atoms with Crippen molar-refractivity contribution in [1.29, 1.82) is 0 Å². The third-order valence-electron chi connectivity index (χ3n) is 2.22. The van der Waals surface area contributed by atoms with Crippen molar-refractivity contribution in [3.05, 3.63) is 55.7 Å². The van der Waals surface area contributed by atoms with Gasteiger partial charge in [-0.25, -0.2) is 4.79 Å². The Labute approximate surface area is 133 Å². The molecule has 2 amide bonds. The van der Waals surface area contributed by atoms with E-state index in [1.807, 2.05) is 48.5 Å². The molecular weight excluding hydrogens is 454 g/mol. The van der Waals surface area contributed by atoms with Crippen LogP contribution in [0.3, 0.4) is 0 Å². The number of hydrogen-bond donors (Lipinski definition) is 2. The number of carbonyl (C=O) groups is 1. The first kappa shape index (κ1) is 13.6. The minimum absolute atomic E-state index is 0.236. The molecule has 18 heavy (non-hydrogen) atoms. The van der Waals surface area contributed by atoms with Crippen molar-refractivity contribution in [3.8, 4) is 0 Å². The van der Waals surface area contributed by atoms with E-state index in [0.717, 1.165) is 18.5 Å². The number of benzene rings is 2. The third kappa shape index (κ3) is 3.84. The van der Waals surface area contributed by atoms with Crippen molar-refractivity contribution in [2.45, 2.75) is 0 Å². The van der Waals surface area contributed by atoms with E-state index < -0.39 is 0 Å². The number of urea groups is 1. The van der Waals surface area contributed by atoms with Crippen LogP contribution in [0.5, 0.6) is 0 Å². The van der Waals surface area contributed by atoms with Crippen molar-refractivity contribution in [3.63, 3.8) is 0 Å². The topological polar surface area (TPSA) is 41.1 Å². The van der Waals surface area contributed by atoms with Crippen LogP contribution >= 0.6 is 45.2 Å². The summed E-state index contributed by atoms with van der Waals surface area (Å²) in [6.45, 7) is 0. The summed E-state index contributed by atoms with van der Waals surface area (Å²) in [6, 6.07) is 15.0. The van der Waals surface area contributed by atoms with Crippen molar-refractivity contribution in [1.82, 2.24) is 0 Å². The maximum atomic E-state index is 11.8. The van der Waals surface area contributed by atoms with Gasteiger partial charge in [-0.05, 0) is 81.6 Å². The van der Waals surface area contributed by atoms with Gasteiger partial charge in [0, 0.05) is 12.8 Å². The molecule has 0 radical (unpaired) electrons. The second-order valence-corrected chi connectivity index (χ2v) is 5.97. The summed E-state index contributed by atoms with van der Waals surface area (Å²) >= 11 is 4.41. The van der Waals surface area contributed by atoms with Crippen LogP contribution in [0.25, 0.3) is 0 Å². The van der Waals surface area contributed by atoms with Gasteiger partial charge in [0.1, 0.15) is 0 Å². The molecule has 0 fully saturated rings. The Balaban J connectivity index is 2.01. The average molecular weight is 464 g/mol. The quantitative estimate of drug-likeness (QED) is 0.631. The average Bonchev–Trinajstić information content (AvgIpc) is 2.35. The van der Waals surface area contributed by atoms with Crippen LogP contribution in [0.4, 0.5) is 16.2 Å². The normalized spacial score (nSPS) is 9.89. The van der Waals surface area contributed by atoms with E-state index in [1.165, 1.54) is 0 Å². The van der Waals surface area contributed by atoms with Crippen LogP contribution in [0.2, 0.25) is 0 Å². The maximum Gasteiger partial charge on any atom is 0.323 e. The van der Waals surface area contributed by atoms with E-state index in [9.17, 15) is 4.79 Å². The van der Waals surface area contributed by atoms with Crippen LogP contribution < -0.4 is 10.6 Å². The predicted molar refractivity (Wildman–Crippen MR) is 91.0 cm³/mol. The molecule has 0 saturated heterocycles. The van der Waals surface area contributed by atoms with Gasteiger partial charge in [-0.2, -0.15) is 0 Å². The number of halogens is 2. The molecule has 2 aromatic carbocycles. The number of carbonyl (C=O) groups excluding carboxylic acids is 1. The number of rotatable bonds is 2. The lowest BCUT2D eigenvalue weighted by atomic mass is 10.3. The van der Waals surface area contributed by atoms with E-state index in [4.69, 9.17) is 0 Å². The molecule has 2 N–H and O–H groups in total. The molecule has 2 rings (SSSR count). The first-order chi connectivity index (χ1) is 8.65. The zero-order chi connectivity index (χ0) is 13.0. The fourth-order valence-electron chi connectivity index (χ4n) is 1.38. The van der Waals surface area contributed by atoms with Gasteiger partial charge in [0.25, 0.3) is 0 Å². The number of para-hydroxylation sites is 1. The molecule has 0 saturated carbocycles. The zero-order valence-corrected chi connectivity index (χ0v) is 13.6. The summed E-state index contributed by atoms with van der Waals surface area (Å²) < 4.78 is 2.14. The number of anilines is 2. The number of amides is 2. The summed E-state index contributed by atoms with van der Waals surface area (Å²) in [6.07, 6.45) is 0. The van der Waals surface area contributed by atoms with Crippen LogP contribution in [0, 0.1) is 7.14 Å². The van der Waals surface area contributed by atoms with Gasteiger partial charge >= 0.3 is 6.03 Å². The highest BCUT2D eigenvalue weighted by molar-refractivity contribution is 14.1. The van der Waals surface area contributed by atoms with Gasteiger partial charge in [0.2, 0.25) is 0 Å². The van der Waals surface area contributed by atoms with Crippen molar-refractivity contribution >= 4 is 62.6 Å². The molecule has 0 spiro atoms. The summed E-state index contributed by atoms with van der Waals surface area (Å²) in [5.41, 5.74) is 1.58. The van der Waals surface area contributed by atoms with Gasteiger partial charge in [-0.15, -0.1) is 0 Å². The van der Waals surface area contributed by atoms with E-state index in [1.54, 1.807) is 0 Å². The molecular formula is C13H10I2N2O. The van der Waals surface area contributed by atoms with Crippen molar-refractivity contribution < 1.29 is 4.79 Å². The standard InChI is InChI=1S/C13H10I2N2O/c14-9-5-7-10(8-6-9)16-13(18)17-12-4-2-1-3-11(12)15/h1-8H,(H2,16,17,18). The molecule has 2 aromatic rings. The highest BCUT2D eigenvalue weighted by Gasteiger charge is 2.04. The second-order valence-electron chi connectivity index (χ2n) is 3.57. The van der Waals surface area contributed by atoms with Crippen LogP contribution in [-0.2, 0) is 0 Å². The molecule has 5 heteroatoms. The van der Waals surface area contributed by atoms with Crippen molar-refractivity contribution in [2.24, 2.45) is 0 Å². The Morgan fingerprint density at radius 2 is 1.56 bits per heavy atom. The Morgan fingerprint density at radius 1 is 0.889 bits per heavy atom. The second kappa shape index (κ2) is 6.37. The lowest BCUT2D eigenvalue weighted by Gasteiger charge is -2.09. The van der Waals surface area contributed by atoms with Gasteiger partial charge in [-0.3, -0.25) is 0 Å². The van der Waals surface area contributed by atoms with Gasteiger partial charge in [-0.1, -0.05) is 12.1 Å². The Hall–Kier alpha value is -0.830. The smallest absolute Gasteiger partial charge is 0.308 e. The fraction of sp³-hybridized carbons (Fsp3) is 0. The maximum absolute atomic E-state index is 11.8. The first-order valence-electron chi connectivity index (χ1n) is 5.23. The van der Waals surface area contributed by atoms with Gasteiger partial charge in [0.15, 0.2) is 0 Å². The fourth-order valence-corrected chi connectivity index (χ4v) is 2.26. The van der Waals surface area contributed by atoms with Crippen LogP contribution in [0.1, 0.15) is 0 Å². The van der Waals surface area contributed by atoms with E-state index in [-0.39, 0.29) is 6.03 Å². The minimum Gasteiger partial charge on any atom is -0.308 e. The van der Waals surface area contributed by atoms with Gasteiger partial charge < -0.3 is 10.6 Å².